The predicted molar refractivity (Wildman–Crippen MR) is 125 cm³/mol. The van der Waals surface area contributed by atoms with E-state index in [1.165, 1.54) is 6.21 Å². The molecule has 1 amide bonds. The number of halogens is 1. The number of benzene rings is 3. The van der Waals surface area contributed by atoms with Crippen LogP contribution in [0.25, 0.3) is 0 Å². The molecule has 1 N–H and O–H groups in total. The van der Waals surface area contributed by atoms with Crippen LogP contribution in [0, 0.1) is 0 Å². The number of ether oxygens (including phenoxy) is 2. The summed E-state index contributed by atoms with van der Waals surface area (Å²) in [5, 5.41) is 4.30. The van der Waals surface area contributed by atoms with Crippen molar-refractivity contribution in [2.24, 2.45) is 5.10 Å². The van der Waals surface area contributed by atoms with E-state index in [2.05, 4.69) is 17.5 Å². The first-order valence-corrected chi connectivity index (χ1v) is 10.6. The van der Waals surface area contributed by atoms with Crippen LogP contribution in [0.2, 0.25) is 5.02 Å². The van der Waals surface area contributed by atoms with E-state index < -0.39 is 5.97 Å². The highest BCUT2D eigenvalue weighted by molar-refractivity contribution is 6.33. The standard InChI is InChI=1S/C25H23ClN2O4/c1-2-3-16-31-20-14-10-19(11-15-20)24(29)28-27-17-18-8-12-21(13-9-18)32-25(30)22-6-4-5-7-23(22)26/h4-15,17H,2-3,16H2,1H3,(H,28,29)/b27-17-. The lowest BCUT2D eigenvalue weighted by Gasteiger charge is -2.06. The van der Waals surface area contributed by atoms with E-state index >= 15 is 0 Å². The quantitative estimate of drug-likeness (QED) is 0.153. The normalized spacial score (nSPS) is 10.7. The van der Waals surface area contributed by atoms with Gasteiger partial charge in [-0.15, -0.1) is 0 Å². The molecule has 0 saturated heterocycles. The molecule has 0 aromatic heterocycles. The third kappa shape index (κ3) is 6.68. The first-order chi connectivity index (χ1) is 15.6. The number of hydrazone groups is 1. The third-order valence-corrected chi connectivity index (χ3v) is 4.78. The van der Waals surface area contributed by atoms with Crippen molar-refractivity contribution in [1.29, 1.82) is 0 Å². The first kappa shape index (κ1) is 23.0. The van der Waals surface area contributed by atoms with Crippen LogP contribution in [0.4, 0.5) is 0 Å². The summed E-state index contributed by atoms with van der Waals surface area (Å²) in [4.78, 5) is 24.4. The Hall–Kier alpha value is -3.64. The lowest BCUT2D eigenvalue weighted by atomic mass is 10.2. The molecule has 0 heterocycles. The number of hydrogen-bond donors (Lipinski definition) is 1. The number of amides is 1. The molecule has 0 unspecified atom stereocenters. The Bertz CT molecular complexity index is 1080. The molecular weight excluding hydrogens is 428 g/mol. The first-order valence-electron chi connectivity index (χ1n) is 10.2. The Balaban J connectivity index is 1.50. The van der Waals surface area contributed by atoms with Gasteiger partial charge in [0.2, 0.25) is 0 Å². The lowest BCUT2D eigenvalue weighted by Crippen LogP contribution is -2.17. The van der Waals surface area contributed by atoms with Gasteiger partial charge in [0.05, 0.1) is 23.4 Å². The van der Waals surface area contributed by atoms with Gasteiger partial charge < -0.3 is 9.47 Å². The molecule has 0 radical (unpaired) electrons. The highest BCUT2D eigenvalue weighted by atomic mass is 35.5. The van der Waals surface area contributed by atoms with Crippen molar-refractivity contribution < 1.29 is 19.1 Å². The van der Waals surface area contributed by atoms with Gasteiger partial charge in [-0.3, -0.25) is 4.79 Å². The van der Waals surface area contributed by atoms with Crippen molar-refractivity contribution >= 4 is 29.7 Å². The summed E-state index contributed by atoms with van der Waals surface area (Å²) in [5.74, 6) is 0.240. The molecule has 0 aliphatic rings. The summed E-state index contributed by atoms with van der Waals surface area (Å²) in [6, 6.07) is 20.3. The lowest BCUT2D eigenvalue weighted by molar-refractivity contribution is 0.0734. The van der Waals surface area contributed by atoms with Crippen LogP contribution in [-0.2, 0) is 0 Å². The van der Waals surface area contributed by atoms with E-state index in [0.717, 1.165) is 24.2 Å². The van der Waals surface area contributed by atoms with Crippen molar-refractivity contribution in [2.45, 2.75) is 19.8 Å². The van der Waals surface area contributed by atoms with E-state index in [4.69, 9.17) is 21.1 Å². The fraction of sp³-hybridized carbons (Fsp3) is 0.160. The zero-order valence-corrected chi connectivity index (χ0v) is 18.3. The minimum Gasteiger partial charge on any atom is -0.494 e. The molecular formula is C25H23ClN2O4. The summed E-state index contributed by atoms with van der Waals surface area (Å²) in [5.41, 5.74) is 3.98. The Morgan fingerprint density at radius 3 is 2.34 bits per heavy atom. The molecule has 164 valence electrons. The maximum Gasteiger partial charge on any atom is 0.345 e. The van der Waals surface area contributed by atoms with Gasteiger partial charge >= 0.3 is 5.97 Å². The van der Waals surface area contributed by atoms with Crippen molar-refractivity contribution in [3.8, 4) is 11.5 Å². The maximum atomic E-state index is 12.2. The van der Waals surface area contributed by atoms with Gasteiger partial charge in [0, 0.05) is 5.56 Å². The average Bonchev–Trinajstić information content (AvgIpc) is 2.81. The Labute approximate surface area is 191 Å². The average molecular weight is 451 g/mol. The summed E-state index contributed by atoms with van der Waals surface area (Å²) >= 11 is 6.01. The minimum absolute atomic E-state index is 0.295. The van der Waals surface area contributed by atoms with Crippen molar-refractivity contribution in [3.63, 3.8) is 0 Å². The van der Waals surface area contributed by atoms with Crippen molar-refractivity contribution in [3.05, 3.63) is 94.5 Å². The molecule has 3 aromatic rings. The van der Waals surface area contributed by atoms with E-state index in [-0.39, 0.29) is 5.91 Å². The number of nitrogens with one attached hydrogen (secondary N) is 1. The number of unbranched alkanes of at least 4 members (excludes halogenated alkanes) is 1. The molecule has 0 saturated carbocycles. The second-order valence-corrected chi connectivity index (χ2v) is 7.27. The van der Waals surface area contributed by atoms with Crippen molar-refractivity contribution in [2.75, 3.05) is 6.61 Å². The molecule has 3 rings (SSSR count). The van der Waals surface area contributed by atoms with Gasteiger partial charge in [-0.05, 0) is 72.6 Å². The van der Waals surface area contributed by atoms with Gasteiger partial charge in [0.1, 0.15) is 11.5 Å². The van der Waals surface area contributed by atoms with Crippen LogP contribution in [0.3, 0.4) is 0 Å². The van der Waals surface area contributed by atoms with E-state index in [9.17, 15) is 9.59 Å². The van der Waals surface area contributed by atoms with E-state index in [1.807, 2.05) is 0 Å². The number of hydrogen-bond acceptors (Lipinski definition) is 5. The number of carbonyl (C=O) groups excluding carboxylic acids is 2. The van der Waals surface area contributed by atoms with Gasteiger partial charge in [-0.1, -0.05) is 37.1 Å². The minimum atomic E-state index is -0.536. The number of carbonyl (C=O) groups is 2. The Morgan fingerprint density at radius 1 is 0.969 bits per heavy atom. The number of esters is 1. The summed E-state index contributed by atoms with van der Waals surface area (Å²) in [7, 11) is 0. The fourth-order valence-corrected chi connectivity index (χ4v) is 2.89. The summed E-state index contributed by atoms with van der Waals surface area (Å²) < 4.78 is 10.9. The smallest absolute Gasteiger partial charge is 0.345 e. The second kappa shape index (κ2) is 11.7. The molecule has 0 bridgehead atoms. The summed E-state index contributed by atoms with van der Waals surface area (Å²) in [6.07, 6.45) is 3.55. The third-order valence-electron chi connectivity index (χ3n) is 4.45. The van der Waals surface area contributed by atoms with Gasteiger partial charge in [-0.25, -0.2) is 10.2 Å². The zero-order chi connectivity index (χ0) is 22.8. The monoisotopic (exact) mass is 450 g/mol. The molecule has 7 heteroatoms. The van der Waals surface area contributed by atoms with Crippen LogP contribution in [0.5, 0.6) is 11.5 Å². The fourth-order valence-electron chi connectivity index (χ4n) is 2.68. The van der Waals surface area contributed by atoms with Crippen LogP contribution in [0.1, 0.15) is 46.0 Å². The topological polar surface area (TPSA) is 77.0 Å². The number of nitrogens with zero attached hydrogens (tertiary/aromatic N) is 1. The van der Waals surface area contributed by atoms with Gasteiger partial charge in [-0.2, -0.15) is 5.10 Å². The van der Waals surface area contributed by atoms with Crippen molar-refractivity contribution in [1.82, 2.24) is 5.43 Å². The van der Waals surface area contributed by atoms with Crippen LogP contribution in [-0.4, -0.2) is 24.7 Å². The predicted octanol–water partition coefficient (Wildman–Crippen LogP) is 5.50. The second-order valence-electron chi connectivity index (χ2n) is 6.86. The van der Waals surface area contributed by atoms with Crippen LogP contribution >= 0.6 is 11.6 Å². The summed E-state index contributed by atoms with van der Waals surface area (Å²) in [6.45, 7) is 2.76. The molecule has 32 heavy (non-hydrogen) atoms. The largest absolute Gasteiger partial charge is 0.494 e. The molecule has 0 spiro atoms. The van der Waals surface area contributed by atoms with Gasteiger partial charge in [0.15, 0.2) is 0 Å². The molecule has 0 aliphatic heterocycles. The van der Waals surface area contributed by atoms with Crippen LogP contribution < -0.4 is 14.9 Å². The molecule has 3 aromatic carbocycles. The zero-order valence-electron chi connectivity index (χ0n) is 17.6. The van der Waals surface area contributed by atoms with Crippen LogP contribution in [0.15, 0.2) is 77.9 Å². The number of rotatable bonds is 9. The molecule has 0 fully saturated rings. The van der Waals surface area contributed by atoms with E-state index in [1.54, 1.807) is 72.8 Å². The van der Waals surface area contributed by atoms with Gasteiger partial charge in [0.25, 0.3) is 5.91 Å². The highest BCUT2D eigenvalue weighted by Crippen LogP contribution is 2.19. The highest BCUT2D eigenvalue weighted by Gasteiger charge is 2.12. The molecule has 6 nitrogen and oxygen atoms in total. The SMILES string of the molecule is CCCCOc1ccc(C(=O)N/N=C\c2ccc(OC(=O)c3ccccc3Cl)cc2)cc1. The maximum absolute atomic E-state index is 12.2. The van der Waals surface area contributed by atoms with E-state index in [0.29, 0.717) is 28.5 Å². The Morgan fingerprint density at radius 2 is 1.66 bits per heavy atom. The molecule has 0 atom stereocenters. The Kier molecular flexibility index (Phi) is 8.40. The molecule has 0 aliphatic carbocycles.